The number of benzene rings is 9. The molecule has 0 atom stereocenters. The third kappa shape index (κ3) is 20.3. The summed E-state index contributed by atoms with van der Waals surface area (Å²) < 4.78 is 5.52. The zero-order valence-corrected chi connectivity index (χ0v) is 64.3. The second kappa shape index (κ2) is 30.1. The second-order valence-corrected chi connectivity index (χ2v) is 33.9. The molecule has 0 N–H and O–H groups in total. The van der Waals surface area contributed by atoms with Crippen molar-refractivity contribution in [3.8, 4) is 5.75 Å². The molecule has 91 heavy (non-hydrogen) atoms. The summed E-state index contributed by atoms with van der Waals surface area (Å²) >= 11 is 0. The van der Waals surface area contributed by atoms with Gasteiger partial charge in [-0.3, -0.25) is 0 Å². The molecule has 0 saturated heterocycles. The number of methoxy groups -OCH3 is 1. The van der Waals surface area contributed by atoms with Crippen molar-refractivity contribution >= 4 is 32.3 Å². The summed E-state index contributed by atoms with van der Waals surface area (Å²) in [5.74, 6) is 1.53. The van der Waals surface area contributed by atoms with Crippen molar-refractivity contribution in [2.24, 2.45) is 0 Å². The van der Waals surface area contributed by atoms with Crippen LogP contribution in [0.3, 0.4) is 0 Å². The molecule has 1 nitrogen and oxygen atoms in total. The van der Waals surface area contributed by atoms with Gasteiger partial charge < -0.3 is 4.74 Å². The minimum Gasteiger partial charge on any atom is -0.496 e. The summed E-state index contributed by atoms with van der Waals surface area (Å²) in [4.78, 5) is 0. The van der Waals surface area contributed by atoms with Crippen molar-refractivity contribution in [2.45, 2.75) is 272 Å². The maximum Gasteiger partial charge on any atom is 0.126 e. The van der Waals surface area contributed by atoms with Gasteiger partial charge in [0.25, 0.3) is 0 Å². The lowest BCUT2D eigenvalue weighted by Crippen LogP contribution is -2.18. The number of aryl methyl sites for hydroxylation is 8. The Morgan fingerprint density at radius 2 is 0.538 bits per heavy atom. The maximum absolute atomic E-state index is 5.52. The Kier molecular flexibility index (Phi) is 25.5. The molecular formula is C90H126O. The van der Waals surface area contributed by atoms with Gasteiger partial charge in [0.15, 0.2) is 0 Å². The summed E-state index contributed by atoms with van der Waals surface area (Å²) in [5.41, 5.74) is 27.2. The molecule has 492 valence electrons. The number of rotatable bonds is 2. The van der Waals surface area contributed by atoms with Crippen molar-refractivity contribution in [1.29, 1.82) is 0 Å². The van der Waals surface area contributed by atoms with Gasteiger partial charge in [-0.25, -0.2) is 0 Å². The van der Waals surface area contributed by atoms with Gasteiger partial charge in [-0.15, -0.1) is 0 Å². The Bertz CT molecular complexity index is 3820. The van der Waals surface area contributed by atoms with E-state index in [1.807, 2.05) is 0 Å². The lowest BCUT2D eigenvalue weighted by Gasteiger charge is -2.29. The van der Waals surface area contributed by atoms with Crippen LogP contribution in [0.5, 0.6) is 5.75 Å². The van der Waals surface area contributed by atoms with Gasteiger partial charge in [0, 0.05) is 5.39 Å². The average molecular weight is 1220 g/mol. The standard InChI is InChI=1S/C19H26.C18H24.C16H20O.2C13H20.C11H16/c1-13-14-10-8-9-11-15(14)17(19(5,6)7)12-16(13)18(2,3)4;1-12(2)16-11-17(18(4,5)6)13(3)14-9-7-8-10-15(14)16;1-11-12-8-6-7-9-13(12)15(17-5)10-14(11)16(2,3)4;2*1-9-7-10(2)11(3)12(8-9)13(4,5)6;1-9-7-5-6-8-10(9)11(2,3)4/h8-12H,1-7H3;7-12H,1-6H3;6-10H,1-5H3;2*7-8H,1-6H3;5-8H,1-4H3. The first-order valence-electron chi connectivity index (χ1n) is 33.9. The predicted octanol–water partition coefficient (Wildman–Crippen LogP) is 26.9. The molecule has 0 amide bonds. The van der Waals surface area contributed by atoms with Crippen LogP contribution in [0, 0.1) is 69.2 Å². The summed E-state index contributed by atoms with van der Waals surface area (Å²) in [5, 5.41) is 8.12. The van der Waals surface area contributed by atoms with E-state index in [-0.39, 0.29) is 37.9 Å². The highest BCUT2D eigenvalue weighted by Gasteiger charge is 2.26. The first-order chi connectivity index (χ1) is 41.5. The number of hydrogen-bond acceptors (Lipinski definition) is 1. The van der Waals surface area contributed by atoms with E-state index in [2.05, 4.69) is 368 Å². The SMILES string of the molecule is COc1cc(C(C)(C)C)c(C)c2ccccc12.Cc1c(C(C)(C)C)cc(C(C)(C)C)c2ccccc12.Cc1c(C(C)(C)C)cc(C(C)C)c2ccccc12.Cc1cc(C)c(C)c(C(C)(C)C)c1.Cc1cc(C)c(C)c(C(C)(C)C)c1.Cc1ccccc1C(C)(C)C. The van der Waals surface area contributed by atoms with Crippen molar-refractivity contribution in [1.82, 2.24) is 0 Å². The first kappa shape index (κ1) is 77.0. The van der Waals surface area contributed by atoms with Crippen LogP contribution in [0.2, 0.25) is 0 Å². The van der Waals surface area contributed by atoms with E-state index in [0.29, 0.717) is 5.92 Å². The zero-order chi connectivity index (χ0) is 69.5. The molecule has 0 aliphatic carbocycles. The maximum atomic E-state index is 5.52. The van der Waals surface area contributed by atoms with Gasteiger partial charge in [-0.05, 0) is 235 Å². The summed E-state index contributed by atoms with van der Waals surface area (Å²) in [6, 6.07) is 50.8. The third-order valence-electron chi connectivity index (χ3n) is 18.2. The van der Waals surface area contributed by atoms with Crippen molar-refractivity contribution in [3.63, 3.8) is 0 Å². The zero-order valence-electron chi connectivity index (χ0n) is 64.3. The fourth-order valence-electron chi connectivity index (χ4n) is 13.2. The van der Waals surface area contributed by atoms with E-state index in [1.165, 1.54) is 132 Å². The molecule has 9 aromatic rings. The Hall–Kier alpha value is -6.44. The van der Waals surface area contributed by atoms with Crippen LogP contribution < -0.4 is 4.74 Å². The van der Waals surface area contributed by atoms with Crippen molar-refractivity contribution < 1.29 is 4.74 Å². The number of ether oxygens (including phenoxy) is 1. The molecule has 0 aliphatic rings. The Morgan fingerprint density at radius 1 is 0.253 bits per heavy atom. The van der Waals surface area contributed by atoms with Gasteiger partial charge in [-0.1, -0.05) is 304 Å². The summed E-state index contributed by atoms with van der Waals surface area (Å²) in [6.07, 6.45) is 0. The Balaban J connectivity index is 0.000000235. The van der Waals surface area contributed by atoms with Crippen LogP contribution in [0.1, 0.15) is 265 Å². The van der Waals surface area contributed by atoms with Crippen LogP contribution in [0.4, 0.5) is 0 Å². The summed E-state index contributed by atoms with van der Waals surface area (Å²) in [6.45, 7) is 74.4. The molecular weight excluding hydrogens is 1100 g/mol. The van der Waals surface area contributed by atoms with Gasteiger partial charge in [0.2, 0.25) is 0 Å². The molecule has 0 fully saturated rings. The molecule has 0 heterocycles. The van der Waals surface area contributed by atoms with Crippen molar-refractivity contribution in [3.05, 3.63) is 240 Å². The highest BCUT2D eigenvalue weighted by atomic mass is 16.5. The third-order valence-corrected chi connectivity index (χ3v) is 18.2. The smallest absolute Gasteiger partial charge is 0.126 e. The number of fused-ring (bicyclic) bond motifs is 3. The molecule has 0 unspecified atom stereocenters. The van der Waals surface area contributed by atoms with E-state index >= 15 is 0 Å². The van der Waals surface area contributed by atoms with Crippen LogP contribution in [0.15, 0.2) is 140 Å². The monoisotopic (exact) mass is 1220 g/mol. The fraction of sp³-hybridized carbons (Fsp3) is 0.467. The molecule has 0 bridgehead atoms. The largest absolute Gasteiger partial charge is 0.496 e. The van der Waals surface area contributed by atoms with E-state index in [9.17, 15) is 0 Å². The summed E-state index contributed by atoms with van der Waals surface area (Å²) in [7, 11) is 1.74. The molecule has 9 aromatic carbocycles. The van der Waals surface area contributed by atoms with Gasteiger partial charge in [-0.2, -0.15) is 0 Å². The molecule has 0 aromatic heterocycles. The van der Waals surface area contributed by atoms with E-state index < -0.39 is 0 Å². The highest BCUT2D eigenvalue weighted by Crippen LogP contribution is 2.41. The highest BCUT2D eigenvalue weighted by molar-refractivity contribution is 5.93. The number of hydrogen-bond donors (Lipinski definition) is 0. The van der Waals surface area contributed by atoms with E-state index in [1.54, 1.807) is 7.11 Å². The lowest BCUT2D eigenvalue weighted by atomic mass is 9.76. The molecule has 1 heteroatoms. The van der Waals surface area contributed by atoms with Crippen LogP contribution in [-0.2, 0) is 37.9 Å². The van der Waals surface area contributed by atoms with Gasteiger partial charge in [0.1, 0.15) is 5.75 Å². The normalized spacial score (nSPS) is 12.2. The topological polar surface area (TPSA) is 9.23 Å². The molecule has 0 spiro atoms. The molecule has 9 rings (SSSR count). The van der Waals surface area contributed by atoms with E-state index in [0.717, 1.165) is 5.75 Å². The Labute approximate surface area is 558 Å². The first-order valence-corrected chi connectivity index (χ1v) is 33.9. The predicted molar refractivity (Wildman–Crippen MR) is 410 cm³/mol. The quantitative estimate of drug-likeness (QED) is 0.168. The lowest BCUT2D eigenvalue weighted by molar-refractivity contribution is 0.417. The fourth-order valence-corrected chi connectivity index (χ4v) is 13.2. The van der Waals surface area contributed by atoms with Gasteiger partial charge in [0.05, 0.1) is 7.11 Å². The van der Waals surface area contributed by atoms with Crippen molar-refractivity contribution in [2.75, 3.05) is 7.11 Å². The van der Waals surface area contributed by atoms with Gasteiger partial charge >= 0.3 is 0 Å². The van der Waals surface area contributed by atoms with Crippen LogP contribution in [-0.4, -0.2) is 7.11 Å². The molecule has 0 aliphatic heterocycles. The Morgan fingerprint density at radius 3 is 0.879 bits per heavy atom. The second-order valence-electron chi connectivity index (χ2n) is 33.9. The average Bonchev–Trinajstić information content (AvgIpc) is 0.780. The van der Waals surface area contributed by atoms with Crippen LogP contribution in [0.25, 0.3) is 32.3 Å². The van der Waals surface area contributed by atoms with Crippen LogP contribution >= 0.6 is 0 Å². The van der Waals surface area contributed by atoms with E-state index in [4.69, 9.17) is 4.74 Å². The molecule has 0 radical (unpaired) electrons. The minimum absolute atomic E-state index is 0.140. The molecule has 0 saturated carbocycles. The minimum atomic E-state index is 0.140.